The summed E-state index contributed by atoms with van der Waals surface area (Å²) < 4.78 is 6.06. The molecule has 2 aliphatic rings. The normalized spacial score (nSPS) is 19.9. The fourth-order valence-electron chi connectivity index (χ4n) is 3.28. The number of furan rings is 1. The summed E-state index contributed by atoms with van der Waals surface area (Å²) in [7, 11) is 2.18. The van der Waals surface area contributed by atoms with Gasteiger partial charge in [0.05, 0.1) is 6.54 Å². The first-order chi connectivity index (χ1) is 9.78. The van der Waals surface area contributed by atoms with Crippen molar-refractivity contribution in [2.24, 2.45) is 0 Å². The van der Waals surface area contributed by atoms with Crippen molar-refractivity contribution in [2.45, 2.75) is 32.5 Å². The van der Waals surface area contributed by atoms with Gasteiger partial charge in [-0.2, -0.15) is 0 Å². The van der Waals surface area contributed by atoms with E-state index in [0.717, 1.165) is 44.9 Å². The molecule has 2 aromatic heterocycles. The van der Waals surface area contributed by atoms with Crippen molar-refractivity contribution in [2.75, 3.05) is 20.1 Å². The second kappa shape index (κ2) is 5.02. The molecule has 20 heavy (non-hydrogen) atoms. The summed E-state index contributed by atoms with van der Waals surface area (Å²) >= 11 is 1.90. The molecule has 0 saturated carbocycles. The standard InChI is InChI=1S/C16H20N2OS/c1-17-5-2-15-13(9-17)8-14(19-15)11-18-6-3-16-12(10-18)4-7-20-16/h4,7-8H,2-3,5-6,9-11H2,1H3. The highest BCUT2D eigenvalue weighted by molar-refractivity contribution is 7.10. The van der Waals surface area contributed by atoms with Crippen LogP contribution in [0.2, 0.25) is 0 Å². The van der Waals surface area contributed by atoms with Gasteiger partial charge in [0.1, 0.15) is 11.5 Å². The zero-order valence-corrected chi connectivity index (χ0v) is 12.7. The van der Waals surface area contributed by atoms with E-state index in [9.17, 15) is 0 Å². The molecule has 0 amide bonds. The summed E-state index contributed by atoms with van der Waals surface area (Å²) in [6, 6.07) is 4.54. The van der Waals surface area contributed by atoms with E-state index in [1.165, 1.54) is 23.3 Å². The van der Waals surface area contributed by atoms with E-state index in [-0.39, 0.29) is 0 Å². The highest BCUT2D eigenvalue weighted by Crippen LogP contribution is 2.27. The second-order valence-corrected chi connectivity index (χ2v) is 6.98. The summed E-state index contributed by atoms with van der Waals surface area (Å²) in [5.41, 5.74) is 2.90. The van der Waals surface area contributed by atoms with E-state index in [0.29, 0.717) is 0 Å². The summed E-state index contributed by atoms with van der Waals surface area (Å²) in [5, 5.41) is 2.22. The minimum Gasteiger partial charge on any atom is -0.464 e. The van der Waals surface area contributed by atoms with Crippen molar-refractivity contribution < 1.29 is 4.42 Å². The largest absolute Gasteiger partial charge is 0.464 e. The van der Waals surface area contributed by atoms with Crippen LogP contribution in [0.3, 0.4) is 0 Å². The van der Waals surface area contributed by atoms with Crippen molar-refractivity contribution in [3.63, 3.8) is 0 Å². The average Bonchev–Trinajstić information content (AvgIpc) is 3.03. The molecule has 3 nitrogen and oxygen atoms in total. The Bertz CT molecular complexity index is 616. The lowest BCUT2D eigenvalue weighted by Crippen LogP contribution is -2.28. The Labute approximate surface area is 123 Å². The third kappa shape index (κ3) is 2.32. The van der Waals surface area contributed by atoms with Crippen molar-refractivity contribution in [1.29, 1.82) is 0 Å². The molecule has 0 spiro atoms. The Kier molecular flexibility index (Phi) is 3.17. The zero-order chi connectivity index (χ0) is 13.5. The maximum atomic E-state index is 6.06. The van der Waals surface area contributed by atoms with Gasteiger partial charge in [0, 0.05) is 43.0 Å². The first kappa shape index (κ1) is 12.6. The number of hydrogen-bond donors (Lipinski definition) is 0. The Morgan fingerprint density at radius 1 is 1.20 bits per heavy atom. The maximum Gasteiger partial charge on any atom is 0.118 e. The van der Waals surface area contributed by atoms with Crippen LogP contribution in [-0.2, 0) is 32.5 Å². The summed E-state index contributed by atoms with van der Waals surface area (Å²) in [4.78, 5) is 6.44. The van der Waals surface area contributed by atoms with E-state index in [1.54, 1.807) is 4.88 Å². The number of rotatable bonds is 2. The molecule has 0 fully saturated rings. The van der Waals surface area contributed by atoms with Crippen LogP contribution in [0.1, 0.15) is 27.5 Å². The van der Waals surface area contributed by atoms with Gasteiger partial charge in [-0.25, -0.2) is 0 Å². The predicted octanol–water partition coefficient (Wildman–Crippen LogP) is 2.89. The van der Waals surface area contributed by atoms with E-state index >= 15 is 0 Å². The van der Waals surface area contributed by atoms with Gasteiger partial charge in [0.15, 0.2) is 0 Å². The third-order valence-corrected chi connectivity index (χ3v) is 5.40. The van der Waals surface area contributed by atoms with Crippen molar-refractivity contribution in [3.8, 4) is 0 Å². The van der Waals surface area contributed by atoms with Gasteiger partial charge in [-0.05, 0) is 36.5 Å². The minimum absolute atomic E-state index is 0.950. The topological polar surface area (TPSA) is 19.6 Å². The highest BCUT2D eigenvalue weighted by atomic mass is 32.1. The van der Waals surface area contributed by atoms with E-state index in [1.807, 2.05) is 11.3 Å². The summed E-state index contributed by atoms with van der Waals surface area (Å²) in [6.07, 6.45) is 2.25. The quantitative estimate of drug-likeness (QED) is 0.847. The van der Waals surface area contributed by atoms with E-state index in [2.05, 4.69) is 34.4 Å². The molecule has 106 valence electrons. The Morgan fingerprint density at radius 2 is 2.15 bits per heavy atom. The lowest BCUT2D eigenvalue weighted by atomic mass is 10.1. The van der Waals surface area contributed by atoms with Gasteiger partial charge in [-0.1, -0.05) is 0 Å². The lowest BCUT2D eigenvalue weighted by Gasteiger charge is -2.25. The SMILES string of the molecule is CN1CCc2oc(CN3CCc4sccc4C3)cc2C1. The lowest BCUT2D eigenvalue weighted by molar-refractivity contribution is 0.223. The third-order valence-electron chi connectivity index (χ3n) is 4.37. The van der Waals surface area contributed by atoms with Gasteiger partial charge >= 0.3 is 0 Å². The zero-order valence-electron chi connectivity index (χ0n) is 11.9. The van der Waals surface area contributed by atoms with Crippen LogP contribution in [0.4, 0.5) is 0 Å². The van der Waals surface area contributed by atoms with Crippen molar-refractivity contribution >= 4 is 11.3 Å². The average molecular weight is 288 g/mol. The molecule has 0 atom stereocenters. The van der Waals surface area contributed by atoms with E-state index < -0.39 is 0 Å². The van der Waals surface area contributed by atoms with Crippen LogP contribution in [0, 0.1) is 0 Å². The van der Waals surface area contributed by atoms with Crippen LogP contribution >= 0.6 is 11.3 Å². The molecule has 4 heterocycles. The number of nitrogens with zero attached hydrogens (tertiary/aromatic N) is 2. The first-order valence-electron chi connectivity index (χ1n) is 7.34. The molecule has 0 unspecified atom stereocenters. The number of likely N-dealkylation sites (N-methyl/N-ethyl adjacent to an activating group) is 1. The van der Waals surface area contributed by atoms with Crippen LogP contribution in [0.25, 0.3) is 0 Å². The Balaban J connectivity index is 1.48. The molecule has 0 radical (unpaired) electrons. The van der Waals surface area contributed by atoms with Gasteiger partial charge in [0.25, 0.3) is 0 Å². The number of thiophene rings is 1. The summed E-state index contributed by atoms with van der Waals surface area (Å²) in [5.74, 6) is 2.36. The predicted molar refractivity (Wildman–Crippen MR) is 80.9 cm³/mol. The fourth-order valence-corrected chi connectivity index (χ4v) is 4.17. The van der Waals surface area contributed by atoms with Crippen LogP contribution in [0.5, 0.6) is 0 Å². The van der Waals surface area contributed by atoms with Crippen molar-refractivity contribution in [3.05, 3.63) is 45.0 Å². The summed E-state index contributed by atoms with van der Waals surface area (Å²) in [6.45, 7) is 5.32. The molecular weight excluding hydrogens is 268 g/mol. The van der Waals surface area contributed by atoms with Gasteiger partial charge in [-0.3, -0.25) is 4.90 Å². The molecule has 0 aliphatic carbocycles. The number of fused-ring (bicyclic) bond motifs is 2. The molecule has 0 aromatic carbocycles. The minimum atomic E-state index is 0.950. The number of hydrogen-bond acceptors (Lipinski definition) is 4. The molecule has 4 heteroatoms. The molecule has 4 rings (SSSR count). The van der Waals surface area contributed by atoms with Gasteiger partial charge in [0.2, 0.25) is 0 Å². The monoisotopic (exact) mass is 288 g/mol. The molecule has 0 bridgehead atoms. The second-order valence-electron chi connectivity index (χ2n) is 5.98. The van der Waals surface area contributed by atoms with Crippen molar-refractivity contribution in [1.82, 2.24) is 9.80 Å². The molecule has 0 N–H and O–H groups in total. The van der Waals surface area contributed by atoms with Crippen LogP contribution in [-0.4, -0.2) is 29.9 Å². The Morgan fingerprint density at radius 3 is 3.10 bits per heavy atom. The molecule has 2 aliphatic heterocycles. The van der Waals surface area contributed by atoms with Gasteiger partial charge < -0.3 is 9.32 Å². The van der Waals surface area contributed by atoms with Gasteiger partial charge in [-0.15, -0.1) is 11.3 Å². The van der Waals surface area contributed by atoms with Crippen LogP contribution in [0.15, 0.2) is 21.9 Å². The molecule has 0 saturated heterocycles. The maximum absolute atomic E-state index is 6.06. The highest BCUT2D eigenvalue weighted by Gasteiger charge is 2.21. The molecular formula is C16H20N2OS. The Hall–Kier alpha value is -1.10. The smallest absolute Gasteiger partial charge is 0.118 e. The van der Waals surface area contributed by atoms with Crippen LogP contribution < -0.4 is 0 Å². The van der Waals surface area contributed by atoms with E-state index in [4.69, 9.17) is 4.42 Å². The molecule has 2 aromatic rings. The first-order valence-corrected chi connectivity index (χ1v) is 8.22. The fraction of sp³-hybridized carbons (Fsp3) is 0.500.